The van der Waals surface area contributed by atoms with E-state index in [2.05, 4.69) is 29.5 Å². The molecular formula is C19H26N4O. The summed E-state index contributed by atoms with van der Waals surface area (Å²) in [5.41, 5.74) is 4.02. The van der Waals surface area contributed by atoms with E-state index in [1.807, 2.05) is 41.8 Å². The van der Waals surface area contributed by atoms with Gasteiger partial charge >= 0.3 is 0 Å². The number of rotatable bonds is 4. The molecule has 5 nitrogen and oxygen atoms in total. The lowest BCUT2D eigenvalue weighted by atomic mass is 10.0. The maximum Gasteiger partial charge on any atom is 0.253 e. The summed E-state index contributed by atoms with van der Waals surface area (Å²) in [6.07, 6.45) is 2.04. The van der Waals surface area contributed by atoms with Gasteiger partial charge in [0.25, 0.3) is 5.91 Å². The molecule has 1 aliphatic heterocycles. The standard InChI is InChI=1S/C19H26N4O/c1-14-11-15(2)23(21-14)13-16-5-4-6-17(12-16)19(24)22(3)18-7-9-20-10-8-18/h4-6,11-12,18,20H,7-10,13H2,1-3H3. The SMILES string of the molecule is Cc1cc(C)n(Cc2cccc(C(=O)N(C)C3CCNCC3)c2)n1. The van der Waals surface area contributed by atoms with Crippen molar-refractivity contribution in [1.82, 2.24) is 20.0 Å². The fourth-order valence-electron chi connectivity index (χ4n) is 3.37. The molecule has 0 spiro atoms. The number of hydrogen-bond donors (Lipinski definition) is 1. The number of carbonyl (C=O) groups excluding carboxylic acids is 1. The van der Waals surface area contributed by atoms with Gasteiger partial charge in [0.2, 0.25) is 0 Å². The highest BCUT2D eigenvalue weighted by atomic mass is 16.2. The minimum atomic E-state index is 0.108. The maximum atomic E-state index is 12.8. The summed E-state index contributed by atoms with van der Waals surface area (Å²) in [5, 5.41) is 7.85. The molecule has 0 saturated carbocycles. The molecular weight excluding hydrogens is 300 g/mol. The van der Waals surface area contributed by atoms with E-state index in [1.165, 1.54) is 0 Å². The number of amides is 1. The number of nitrogens with one attached hydrogen (secondary N) is 1. The van der Waals surface area contributed by atoms with Crippen LogP contribution in [0, 0.1) is 13.8 Å². The van der Waals surface area contributed by atoms with Crippen molar-refractivity contribution in [3.8, 4) is 0 Å². The van der Waals surface area contributed by atoms with Crippen LogP contribution < -0.4 is 5.32 Å². The zero-order chi connectivity index (χ0) is 17.1. The molecule has 0 bridgehead atoms. The number of nitrogens with zero attached hydrogens (tertiary/aromatic N) is 3. The monoisotopic (exact) mass is 326 g/mol. The molecule has 1 aromatic heterocycles. The van der Waals surface area contributed by atoms with E-state index in [9.17, 15) is 4.79 Å². The lowest BCUT2D eigenvalue weighted by molar-refractivity contribution is 0.0703. The van der Waals surface area contributed by atoms with E-state index in [1.54, 1.807) is 0 Å². The summed E-state index contributed by atoms with van der Waals surface area (Å²) in [7, 11) is 1.92. The Morgan fingerprint density at radius 2 is 2.04 bits per heavy atom. The lowest BCUT2D eigenvalue weighted by Gasteiger charge is -2.31. The Balaban J connectivity index is 1.74. The molecule has 1 N–H and O–H groups in total. The smallest absolute Gasteiger partial charge is 0.253 e. The molecule has 2 aromatic rings. The average molecular weight is 326 g/mol. The fourth-order valence-corrected chi connectivity index (χ4v) is 3.37. The van der Waals surface area contributed by atoms with E-state index in [0.29, 0.717) is 12.6 Å². The van der Waals surface area contributed by atoms with Gasteiger partial charge in [-0.2, -0.15) is 5.10 Å². The van der Waals surface area contributed by atoms with Crippen molar-refractivity contribution in [2.24, 2.45) is 0 Å². The topological polar surface area (TPSA) is 50.2 Å². The first-order valence-corrected chi connectivity index (χ1v) is 8.62. The number of hydrogen-bond acceptors (Lipinski definition) is 3. The van der Waals surface area contributed by atoms with Crippen LogP contribution in [-0.2, 0) is 6.54 Å². The van der Waals surface area contributed by atoms with Crippen LogP contribution in [0.2, 0.25) is 0 Å². The van der Waals surface area contributed by atoms with Crippen LogP contribution in [0.3, 0.4) is 0 Å². The number of piperidine rings is 1. The van der Waals surface area contributed by atoms with Gasteiger partial charge in [0.1, 0.15) is 0 Å². The minimum Gasteiger partial charge on any atom is -0.339 e. The van der Waals surface area contributed by atoms with Crippen molar-refractivity contribution in [2.75, 3.05) is 20.1 Å². The summed E-state index contributed by atoms with van der Waals surface area (Å²) in [5.74, 6) is 0.108. The number of aryl methyl sites for hydroxylation is 2. The summed E-state index contributed by atoms with van der Waals surface area (Å²) < 4.78 is 1.98. The van der Waals surface area contributed by atoms with Crippen LogP contribution in [-0.4, -0.2) is 46.8 Å². The zero-order valence-electron chi connectivity index (χ0n) is 14.7. The molecule has 1 fully saturated rings. The lowest BCUT2D eigenvalue weighted by Crippen LogP contribution is -2.43. The summed E-state index contributed by atoms with van der Waals surface area (Å²) in [6, 6.07) is 10.3. The highest BCUT2D eigenvalue weighted by Gasteiger charge is 2.22. The van der Waals surface area contributed by atoms with Gasteiger partial charge in [-0.25, -0.2) is 0 Å². The van der Waals surface area contributed by atoms with Gasteiger partial charge in [-0.05, 0) is 63.5 Å². The van der Waals surface area contributed by atoms with E-state index in [4.69, 9.17) is 0 Å². The molecule has 0 atom stereocenters. The van der Waals surface area contributed by atoms with Crippen LogP contribution in [0.25, 0.3) is 0 Å². The van der Waals surface area contributed by atoms with Gasteiger partial charge in [-0.1, -0.05) is 12.1 Å². The molecule has 0 unspecified atom stereocenters. The van der Waals surface area contributed by atoms with Gasteiger partial charge in [-0.3, -0.25) is 9.48 Å². The van der Waals surface area contributed by atoms with Crippen LogP contribution in [0.15, 0.2) is 30.3 Å². The Bertz CT molecular complexity index is 716. The van der Waals surface area contributed by atoms with Crippen molar-refractivity contribution in [3.05, 3.63) is 52.8 Å². The second kappa shape index (κ2) is 7.18. The second-order valence-corrected chi connectivity index (χ2v) is 6.68. The normalized spacial score (nSPS) is 15.5. The van der Waals surface area contributed by atoms with Gasteiger partial charge in [0, 0.05) is 24.3 Å². The molecule has 24 heavy (non-hydrogen) atoms. The highest BCUT2D eigenvalue weighted by Crippen LogP contribution is 2.16. The Labute approximate surface area is 143 Å². The first kappa shape index (κ1) is 16.7. The molecule has 3 rings (SSSR count). The first-order valence-electron chi connectivity index (χ1n) is 8.62. The van der Waals surface area contributed by atoms with E-state index >= 15 is 0 Å². The van der Waals surface area contributed by atoms with Crippen LogP contribution in [0.5, 0.6) is 0 Å². The van der Waals surface area contributed by atoms with Gasteiger partial charge < -0.3 is 10.2 Å². The van der Waals surface area contributed by atoms with E-state index in [0.717, 1.165) is 48.4 Å². The maximum absolute atomic E-state index is 12.8. The Kier molecular flexibility index (Phi) is 5.00. The second-order valence-electron chi connectivity index (χ2n) is 6.68. The molecule has 1 aliphatic rings. The quantitative estimate of drug-likeness (QED) is 0.938. The first-order chi connectivity index (χ1) is 11.5. The van der Waals surface area contributed by atoms with Gasteiger partial charge in [-0.15, -0.1) is 0 Å². The van der Waals surface area contributed by atoms with Gasteiger partial charge in [0.15, 0.2) is 0 Å². The molecule has 0 radical (unpaired) electrons. The van der Waals surface area contributed by atoms with Crippen molar-refractivity contribution in [2.45, 2.75) is 39.3 Å². The molecule has 1 aromatic carbocycles. The number of benzene rings is 1. The fraction of sp³-hybridized carbons (Fsp3) is 0.474. The van der Waals surface area contributed by atoms with E-state index in [-0.39, 0.29) is 5.91 Å². The van der Waals surface area contributed by atoms with Crippen LogP contribution in [0.1, 0.15) is 40.2 Å². The van der Waals surface area contributed by atoms with Crippen molar-refractivity contribution in [3.63, 3.8) is 0 Å². The molecule has 128 valence electrons. The van der Waals surface area contributed by atoms with Crippen LogP contribution in [0.4, 0.5) is 0 Å². The zero-order valence-corrected chi connectivity index (χ0v) is 14.7. The predicted octanol–water partition coefficient (Wildman–Crippen LogP) is 2.37. The Morgan fingerprint density at radius 3 is 2.71 bits per heavy atom. The average Bonchev–Trinajstić information content (AvgIpc) is 2.92. The molecule has 0 aliphatic carbocycles. The molecule has 2 heterocycles. The van der Waals surface area contributed by atoms with Crippen molar-refractivity contribution in [1.29, 1.82) is 0 Å². The van der Waals surface area contributed by atoms with Crippen molar-refractivity contribution >= 4 is 5.91 Å². The number of carbonyl (C=O) groups is 1. The third kappa shape index (κ3) is 3.67. The summed E-state index contributed by atoms with van der Waals surface area (Å²) in [4.78, 5) is 14.7. The molecule has 5 heteroatoms. The number of aromatic nitrogens is 2. The molecule has 1 amide bonds. The molecule has 1 saturated heterocycles. The predicted molar refractivity (Wildman–Crippen MR) is 95.2 cm³/mol. The Hall–Kier alpha value is -2.14. The summed E-state index contributed by atoms with van der Waals surface area (Å²) >= 11 is 0. The van der Waals surface area contributed by atoms with Crippen molar-refractivity contribution < 1.29 is 4.79 Å². The highest BCUT2D eigenvalue weighted by molar-refractivity contribution is 5.94. The van der Waals surface area contributed by atoms with Gasteiger partial charge in [0.05, 0.1) is 12.2 Å². The van der Waals surface area contributed by atoms with Crippen LogP contribution >= 0.6 is 0 Å². The summed E-state index contributed by atoms with van der Waals surface area (Å²) in [6.45, 7) is 6.72. The Morgan fingerprint density at radius 1 is 1.29 bits per heavy atom. The largest absolute Gasteiger partial charge is 0.339 e. The minimum absolute atomic E-state index is 0.108. The third-order valence-corrected chi connectivity index (χ3v) is 4.79. The third-order valence-electron chi connectivity index (χ3n) is 4.79. The van der Waals surface area contributed by atoms with E-state index < -0.39 is 0 Å².